The lowest BCUT2D eigenvalue weighted by Gasteiger charge is -2.30. The van der Waals surface area contributed by atoms with Gasteiger partial charge in [0.05, 0.1) is 5.56 Å². The summed E-state index contributed by atoms with van der Waals surface area (Å²) in [6, 6.07) is 3.69. The molecule has 0 radical (unpaired) electrons. The molecule has 3 nitrogen and oxygen atoms in total. The van der Waals surface area contributed by atoms with E-state index in [0.717, 1.165) is 4.90 Å². The van der Waals surface area contributed by atoms with Crippen LogP contribution < -0.4 is 4.90 Å². The van der Waals surface area contributed by atoms with Gasteiger partial charge in [0.2, 0.25) is 0 Å². The molecule has 0 spiro atoms. The van der Waals surface area contributed by atoms with Gasteiger partial charge in [0.1, 0.15) is 6.54 Å². The summed E-state index contributed by atoms with van der Waals surface area (Å²) in [6.07, 6.45) is -4.32. The molecule has 0 atom stereocenters. The minimum atomic E-state index is -4.32. The van der Waals surface area contributed by atoms with E-state index in [4.69, 9.17) is 5.11 Å². The zero-order valence-corrected chi connectivity index (χ0v) is 11.9. The van der Waals surface area contributed by atoms with Crippen molar-refractivity contribution in [3.63, 3.8) is 0 Å². The Morgan fingerprint density at radius 1 is 1.42 bits per heavy atom. The van der Waals surface area contributed by atoms with Gasteiger partial charge >= 0.3 is 12.1 Å². The summed E-state index contributed by atoms with van der Waals surface area (Å²) in [5.41, 5.74) is 0.337. The number of carboxylic acids is 1. The molecule has 1 aromatic rings. The monoisotopic (exact) mass is 339 g/mol. The predicted molar refractivity (Wildman–Crippen MR) is 69.6 cm³/mol. The number of carbonyl (C=O) groups is 1. The number of carboxylic acid groups (broad SMARTS) is 1. The van der Waals surface area contributed by atoms with Gasteiger partial charge in [-0.05, 0) is 48.0 Å². The van der Waals surface area contributed by atoms with Crippen LogP contribution >= 0.6 is 15.9 Å². The first-order valence-electron chi connectivity index (χ1n) is 5.48. The molecule has 106 valence electrons. The fraction of sp³-hybridized carbons (Fsp3) is 0.417. The van der Waals surface area contributed by atoms with Crippen molar-refractivity contribution in [2.24, 2.45) is 0 Å². The fourth-order valence-corrected chi connectivity index (χ4v) is 2.16. The maximum Gasteiger partial charge on any atom is 0.405 e. The highest BCUT2D eigenvalue weighted by molar-refractivity contribution is 9.10. The first-order chi connectivity index (χ1) is 8.61. The molecular formula is C12H13BrF3NO2. The van der Waals surface area contributed by atoms with Crippen molar-refractivity contribution in [3.8, 4) is 0 Å². The van der Waals surface area contributed by atoms with Crippen LogP contribution in [0.2, 0.25) is 0 Å². The van der Waals surface area contributed by atoms with E-state index in [1.165, 1.54) is 18.2 Å². The lowest BCUT2D eigenvalue weighted by Crippen LogP contribution is -2.39. The molecular weight excluding hydrogens is 327 g/mol. The number of alkyl halides is 3. The van der Waals surface area contributed by atoms with Gasteiger partial charge in [-0.2, -0.15) is 13.2 Å². The van der Waals surface area contributed by atoms with Crippen molar-refractivity contribution < 1.29 is 23.1 Å². The number of nitrogens with zero attached hydrogens (tertiary/aromatic N) is 1. The largest absolute Gasteiger partial charge is 0.478 e. The predicted octanol–water partition coefficient (Wildman–Crippen LogP) is 3.92. The van der Waals surface area contributed by atoms with Gasteiger partial charge in [-0.15, -0.1) is 0 Å². The lowest BCUT2D eigenvalue weighted by molar-refractivity contribution is -0.120. The van der Waals surface area contributed by atoms with Crippen LogP contribution in [-0.4, -0.2) is 29.8 Å². The molecule has 0 fully saturated rings. The second-order valence-corrected chi connectivity index (χ2v) is 5.16. The SMILES string of the molecule is CC(C)N(CC(F)(F)F)c1ccc(C(=O)O)c(Br)c1. The van der Waals surface area contributed by atoms with E-state index in [1.54, 1.807) is 13.8 Å². The van der Waals surface area contributed by atoms with Gasteiger partial charge in [-0.25, -0.2) is 4.79 Å². The van der Waals surface area contributed by atoms with Crippen LogP contribution in [0.1, 0.15) is 24.2 Å². The Labute approximate surface area is 117 Å². The van der Waals surface area contributed by atoms with Crippen molar-refractivity contribution in [3.05, 3.63) is 28.2 Å². The van der Waals surface area contributed by atoms with E-state index >= 15 is 0 Å². The van der Waals surface area contributed by atoms with E-state index in [-0.39, 0.29) is 16.1 Å². The number of hydrogen-bond acceptors (Lipinski definition) is 2. The normalized spacial score (nSPS) is 11.7. The molecule has 0 heterocycles. The van der Waals surface area contributed by atoms with E-state index in [2.05, 4.69) is 15.9 Å². The smallest absolute Gasteiger partial charge is 0.405 e. The van der Waals surface area contributed by atoms with E-state index in [1.807, 2.05) is 0 Å². The minimum absolute atomic E-state index is 0.0134. The topological polar surface area (TPSA) is 40.5 Å². The quantitative estimate of drug-likeness (QED) is 0.903. The number of rotatable bonds is 4. The Hall–Kier alpha value is -1.24. The maximum absolute atomic E-state index is 12.5. The summed E-state index contributed by atoms with van der Waals surface area (Å²) in [7, 11) is 0. The fourth-order valence-electron chi connectivity index (χ4n) is 1.62. The molecule has 7 heteroatoms. The van der Waals surface area contributed by atoms with Crippen LogP contribution in [0.5, 0.6) is 0 Å². The van der Waals surface area contributed by atoms with E-state index < -0.39 is 18.7 Å². The van der Waals surface area contributed by atoms with Crippen LogP contribution in [0.25, 0.3) is 0 Å². The molecule has 19 heavy (non-hydrogen) atoms. The van der Waals surface area contributed by atoms with Crippen molar-refractivity contribution in [1.29, 1.82) is 0 Å². The summed E-state index contributed by atoms with van der Waals surface area (Å²) >= 11 is 3.06. The van der Waals surface area contributed by atoms with Crippen LogP contribution in [-0.2, 0) is 0 Å². The molecule has 0 bridgehead atoms. The first kappa shape index (κ1) is 15.8. The van der Waals surface area contributed by atoms with Gasteiger partial charge in [0, 0.05) is 16.2 Å². The number of benzene rings is 1. The highest BCUT2D eigenvalue weighted by Crippen LogP contribution is 2.28. The van der Waals surface area contributed by atoms with Crippen molar-refractivity contribution in [2.45, 2.75) is 26.1 Å². The standard InChI is InChI=1S/C12H13BrF3NO2/c1-7(2)17(6-12(14,15)16)8-3-4-9(11(18)19)10(13)5-8/h3-5,7H,6H2,1-2H3,(H,18,19). The second-order valence-electron chi connectivity index (χ2n) is 4.31. The number of halogens is 4. The Kier molecular flexibility index (Phi) is 4.84. The Balaban J connectivity index is 3.11. The van der Waals surface area contributed by atoms with Crippen LogP contribution in [0.15, 0.2) is 22.7 Å². The summed E-state index contributed by atoms with van der Waals surface area (Å²) in [6.45, 7) is 2.21. The lowest BCUT2D eigenvalue weighted by atomic mass is 10.1. The third-order valence-electron chi connectivity index (χ3n) is 2.49. The summed E-state index contributed by atoms with van der Waals surface area (Å²) in [5.74, 6) is -1.13. The third kappa shape index (κ3) is 4.41. The Morgan fingerprint density at radius 3 is 2.37 bits per heavy atom. The summed E-state index contributed by atoms with van der Waals surface area (Å²) < 4.78 is 37.8. The Morgan fingerprint density at radius 2 is 2.00 bits per heavy atom. The number of hydrogen-bond donors (Lipinski definition) is 1. The molecule has 1 aromatic carbocycles. The maximum atomic E-state index is 12.5. The number of aromatic carboxylic acids is 1. The van der Waals surface area contributed by atoms with Gasteiger partial charge in [0.15, 0.2) is 0 Å². The third-order valence-corrected chi connectivity index (χ3v) is 3.14. The average molecular weight is 340 g/mol. The molecule has 0 aliphatic heterocycles. The Bertz CT molecular complexity index is 475. The molecule has 0 saturated heterocycles. The van der Waals surface area contributed by atoms with Crippen molar-refractivity contribution in [1.82, 2.24) is 0 Å². The highest BCUT2D eigenvalue weighted by Gasteiger charge is 2.32. The zero-order valence-electron chi connectivity index (χ0n) is 10.3. The van der Waals surface area contributed by atoms with Crippen LogP contribution in [0.4, 0.5) is 18.9 Å². The summed E-state index contributed by atoms with van der Waals surface area (Å²) in [4.78, 5) is 12.0. The molecule has 1 N–H and O–H groups in total. The first-order valence-corrected chi connectivity index (χ1v) is 6.27. The number of anilines is 1. The molecule has 0 aliphatic carbocycles. The van der Waals surface area contributed by atoms with Gasteiger partial charge in [-0.1, -0.05) is 0 Å². The molecule has 0 aromatic heterocycles. The minimum Gasteiger partial charge on any atom is -0.478 e. The van der Waals surface area contributed by atoms with Gasteiger partial charge in [-0.3, -0.25) is 0 Å². The van der Waals surface area contributed by atoms with Crippen LogP contribution in [0.3, 0.4) is 0 Å². The van der Waals surface area contributed by atoms with E-state index in [9.17, 15) is 18.0 Å². The molecule has 1 rings (SSSR count). The molecule has 0 amide bonds. The van der Waals surface area contributed by atoms with Gasteiger partial charge < -0.3 is 10.0 Å². The van der Waals surface area contributed by atoms with Crippen molar-refractivity contribution in [2.75, 3.05) is 11.4 Å². The van der Waals surface area contributed by atoms with Crippen molar-refractivity contribution >= 4 is 27.6 Å². The molecule has 0 saturated carbocycles. The molecule has 0 aliphatic rings. The zero-order chi connectivity index (χ0) is 14.8. The van der Waals surface area contributed by atoms with Gasteiger partial charge in [0.25, 0.3) is 0 Å². The van der Waals surface area contributed by atoms with Crippen LogP contribution in [0, 0.1) is 0 Å². The summed E-state index contributed by atoms with van der Waals surface area (Å²) in [5, 5.41) is 8.87. The molecule has 0 unspecified atom stereocenters. The average Bonchev–Trinajstić information content (AvgIpc) is 2.23. The second kappa shape index (κ2) is 5.81. The van der Waals surface area contributed by atoms with E-state index in [0.29, 0.717) is 5.69 Å². The highest BCUT2D eigenvalue weighted by atomic mass is 79.9.